The normalized spacial score (nSPS) is 11.9. The van der Waals surface area contributed by atoms with Gasteiger partial charge in [0.25, 0.3) is 0 Å². The van der Waals surface area contributed by atoms with Crippen molar-refractivity contribution in [1.82, 2.24) is 14.8 Å². The minimum absolute atomic E-state index is 0.347. The van der Waals surface area contributed by atoms with Crippen LogP contribution in [-0.2, 0) is 0 Å². The predicted octanol–water partition coefficient (Wildman–Crippen LogP) is 4.36. The summed E-state index contributed by atoms with van der Waals surface area (Å²) in [6, 6.07) is 12.8. The summed E-state index contributed by atoms with van der Waals surface area (Å²) in [6.45, 7) is 1.48. The second-order valence-electron chi connectivity index (χ2n) is 6.05. The molecule has 8 nitrogen and oxygen atoms in total. The van der Waals surface area contributed by atoms with Crippen LogP contribution in [0.5, 0.6) is 11.5 Å². The van der Waals surface area contributed by atoms with Crippen LogP contribution in [0, 0.1) is 17.0 Å². The van der Waals surface area contributed by atoms with Crippen molar-refractivity contribution in [1.29, 1.82) is 0 Å². The van der Waals surface area contributed by atoms with Gasteiger partial charge in [-0.15, -0.1) is 10.2 Å². The first kappa shape index (κ1) is 20.9. The number of halogens is 1. The molecule has 0 aliphatic heterocycles. The molecular formula is C19H19ClN4O4S. The van der Waals surface area contributed by atoms with Crippen LogP contribution in [0.15, 0.2) is 47.6 Å². The number of nitrogens with zero attached hydrogens (tertiary/aromatic N) is 4. The van der Waals surface area contributed by atoms with E-state index in [1.54, 1.807) is 12.1 Å². The third kappa shape index (κ3) is 4.63. The molecule has 0 bridgehead atoms. The number of methoxy groups -OCH3 is 2. The maximum Gasteiger partial charge on any atom is 0.220 e. The van der Waals surface area contributed by atoms with Gasteiger partial charge in [0.05, 0.1) is 14.2 Å². The summed E-state index contributed by atoms with van der Waals surface area (Å²) in [5, 5.41) is 20.0. The van der Waals surface area contributed by atoms with Crippen LogP contribution in [0.1, 0.15) is 16.6 Å². The Balaban J connectivity index is 2.04. The topological polar surface area (TPSA) is 92.3 Å². The second kappa shape index (κ2) is 9.15. The average molecular weight is 435 g/mol. The van der Waals surface area contributed by atoms with Gasteiger partial charge >= 0.3 is 0 Å². The van der Waals surface area contributed by atoms with Gasteiger partial charge in [-0.25, -0.2) is 0 Å². The van der Waals surface area contributed by atoms with Gasteiger partial charge in [-0.1, -0.05) is 41.6 Å². The first-order valence-electron chi connectivity index (χ1n) is 8.62. The Morgan fingerprint density at radius 2 is 1.83 bits per heavy atom. The van der Waals surface area contributed by atoms with E-state index in [-0.39, 0.29) is 11.5 Å². The van der Waals surface area contributed by atoms with Crippen LogP contribution in [0.25, 0.3) is 5.69 Å². The van der Waals surface area contributed by atoms with E-state index in [0.29, 0.717) is 33.1 Å². The summed E-state index contributed by atoms with van der Waals surface area (Å²) in [7, 11) is 3.00. The van der Waals surface area contributed by atoms with Gasteiger partial charge < -0.3 is 9.47 Å². The molecule has 0 radical (unpaired) electrons. The highest BCUT2D eigenvalue weighted by molar-refractivity contribution is 7.99. The van der Waals surface area contributed by atoms with E-state index in [0.717, 1.165) is 5.69 Å². The molecule has 1 atom stereocenters. The Morgan fingerprint density at radius 3 is 2.45 bits per heavy atom. The molecule has 0 fully saturated rings. The molecule has 3 rings (SSSR count). The fourth-order valence-electron chi connectivity index (χ4n) is 2.87. The molecule has 0 saturated carbocycles. The number of rotatable bonds is 8. The summed E-state index contributed by atoms with van der Waals surface area (Å²) in [4.78, 5) is 11.0. The van der Waals surface area contributed by atoms with E-state index < -0.39 is 5.25 Å². The van der Waals surface area contributed by atoms with Crippen LogP contribution in [0.3, 0.4) is 0 Å². The minimum Gasteiger partial charge on any atom is -0.493 e. The number of hydrogen-bond donors (Lipinski definition) is 0. The molecule has 0 N–H and O–H groups in total. The van der Waals surface area contributed by atoms with Crippen molar-refractivity contribution < 1.29 is 14.4 Å². The van der Waals surface area contributed by atoms with Crippen LogP contribution in [0.4, 0.5) is 0 Å². The van der Waals surface area contributed by atoms with Gasteiger partial charge in [-0.3, -0.25) is 14.7 Å². The average Bonchev–Trinajstić information content (AvgIpc) is 3.07. The first-order chi connectivity index (χ1) is 13.9. The minimum atomic E-state index is -0.608. The third-order valence-corrected chi connectivity index (χ3v) is 5.71. The monoisotopic (exact) mass is 434 g/mol. The molecule has 10 heteroatoms. The zero-order valence-corrected chi connectivity index (χ0v) is 17.6. The van der Waals surface area contributed by atoms with Crippen molar-refractivity contribution in [3.8, 4) is 17.2 Å². The molecule has 1 heterocycles. The van der Waals surface area contributed by atoms with Crippen LogP contribution in [-0.4, -0.2) is 40.5 Å². The van der Waals surface area contributed by atoms with Gasteiger partial charge in [0, 0.05) is 21.7 Å². The zero-order chi connectivity index (χ0) is 21.0. The molecule has 0 aliphatic rings. The van der Waals surface area contributed by atoms with Crippen molar-refractivity contribution in [3.63, 3.8) is 0 Å². The van der Waals surface area contributed by atoms with Crippen LogP contribution < -0.4 is 9.47 Å². The number of ether oxygens (including phenoxy) is 2. The molecule has 2 aromatic carbocycles. The molecule has 29 heavy (non-hydrogen) atoms. The summed E-state index contributed by atoms with van der Waals surface area (Å²) < 4.78 is 12.4. The van der Waals surface area contributed by atoms with Gasteiger partial charge in [0.1, 0.15) is 11.1 Å². The largest absolute Gasteiger partial charge is 0.493 e. The molecular weight excluding hydrogens is 416 g/mol. The number of aromatic nitrogens is 3. The predicted molar refractivity (Wildman–Crippen MR) is 111 cm³/mol. The smallest absolute Gasteiger partial charge is 0.220 e. The highest BCUT2D eigenvalue weighted by atomic mass is 35.5. The fraction of sp³-hybridized carbons (Fsp3) is 0.263. The maximum absolute atomic E-state index is 11.4. The molecule has 0 spiro atoms. The summed E-state index contributed by atoms with van der Waals surface area (Å²) >= 11 is 7.66. The Labute approximate surface area is 177 Å². The van der Waals surface area contributed by atoms with Gasteiger partial charge in [0.15, 0.2) is 16.7 Å². The lowest BCUT2D eigenvalue weighted by molar-refractivity contribution is -0.479. The van der Waals surface area contributed by atoms with Gasteiger partial charge in [0.2, 0.25) is 6.54 Å². The van der Waals surface area contributed by atoms with Crippen molar-refractivity contribution in [2.45, 2.75) is 17.3 Å². The van der Waals surface area contributed by atoms with E-state index in [9.17, 15) is 10.1 Å². The lowest BCUT2D eigenvalue weighted by Gasteiger charge is -2.17. The molecule has 0 unspecified atom stereocenters. The van der Waals surface area contributed by atoms with Gasteiger partial charge in [-0.2, -0.15) is 0 Å². The highest BCUT2D eigenvalue weighted by Gasteiger charge is 2.27. The molecule has 152 valence electrons. The first-order valence-corrected chi connectivity index (χ1v) is 9.87. The molecule has 0 saturated heterocycles. The number of benzene rings is 2. The highest BCUT2D eigenvalue weighted by Crippen LogP contribution is 2.43. The van der Waals surface area contributed by atoms with Gasteiger partial charge in [-0.05, 0) is 30.7 Å². The van der Waals surface area contributed by atoms with Crippen molar-refractivity contribution in [2.24, 2.45) is 0 Å². The maximum atomic E-state index is 11.4. The third-order valence-electron chi connectivity index (χ3n) is 4.22. The second-order valence-corrected chi connectivity index (χ2v) is 7.63. The van der Waals surface area contributed by atoms with E-state index in [1.165, 1.54) is 26.0 Å². The summed E-state index contributed by atoms with van der Waals surface area (Å²) in [5.41, 5.74) is 1.43. The summed E-state index contributed by atoms with van der Waals surface area (Å²) in [6.07, 6.45) is 0. The number of thioether (sulfide) groups is 1. The molecule has 0 aliphatic carbocycles. The van der Waals surface area contributed by atoms with E-state index >= 15 is 0 Å². The quantitative estimate of drug-likeness (QED) is 0.295. The Bertz CT molecular complexity index is 1010. The fourth-order valence-corrected chi connectivity index (χ4v) is 4.43. The Hall–Kier alpha value is -2.78. The number of hydrogen-bond acceptors (Lipinski definition) is 7. The SMILES string of the molecule is COc1cc(Cl)c([C@H](C[N+](=O)[O-])Sc2nnc(C)n2-c2ccccc2)cc1OC. The zero-order valence-electron chi connectivity index (χ0n) is 16.0. The van der Waals surface area contributed by atoms with Crippen LogP contribution in [0.2, 0.25) is 5.02 Å². The van der Waals surface area contributed by atoms with Crippen molar-refractivity contribution >= 4 is 23.4 Å². The van der Waals surface area contributed by atoms with E-state index in [4.69, 9.17) is 21.1 Å². The number of nitro groups is 1. The standard InChI is InChI=1S/C19H19ClN4O4S/c1-12-21-22-19(24(12)13-7-5-4-6-8-13)29-18(11-23(25)26)14-9-16(27-2)17(28-3)10-15(14)20/h4-10,18H,11H2,1-3H3/t18-/m0/s1. The van der Waals surface area contributed by atoms with Crippen LogP contribution >= 0.6 is 23.4 Å². The number of para-hydroxylation sites is 1. The lowest BCUT2D eigenvalue weighted by atomic mass is 10.1. The summed E-state index contributed by atoms with van der Waals surface area (Å²) in [5.74, 6) is 1.58. The Morgan fingerprint density at radius 1 is 1.17 bits per heavy atom. The molecule has 1 aromatic heterocycles. The van der Waals surface area contributed by atoms with Crippen molar-refractivity contribution in [3.05, 3.63) is 69.0 Å². The van der Waals surface area contributed by atoms with Crippen molar-refractivity contribution in [2.75, 3.05) is 20.8 Å². The van der Waals surface area contributed by atoms with E-state index in [1.807, 2.05) is 41.8 Å². The molecule has 3 aromatic rings. The van der Waals surface area contributed by atoms with E-state index in [2.05, 4.69) is 10.2 Å². The number of aryl methyl sites for hydroxylation is 1. The lowest BCUT2D eigenvalue weighted by Crippen LogP contribution is -2.12. The Kier molecular flexibility index (Phi) is 6.60. The molecule has 0 amide bonds.